The first kappa shape index (κ1) is 32.0. The third-order valence-electron chi connectivity index (χ3n) is 8.59. The SMILES string of the molecule is CCCOc1ccc([C@@H]2[C@@H](C(=O)O)[C@@H](c3cc(OC)c4c(c3)OCO4)CN2CC(=O)Nc2c(CC)cccc2CC)cc1OC. The van der Waals surface area contributed by atoms with E-state index in [-0.39, 0.29) is 19.2 Å². The second kappa shape index (κ2) is 14.1. The van der Waals surface area contributed by atoms with Crippen molar-refractivity contribution in [1.29, 1.82) is 0 Å². The van der Waals surface area contributed by atoms with Crippen molar-refractivity contribution in [1.82, 2.24) is 4.90 Å². The number of methoxy groups -OCH3 is 2. The number of likely N-dealkylation sites (tertiary alicyclic amines) is 1. The fourth-order valence-corrected chi connectivity index (χ4v) is 6.46. The summed E-state index contributed by atoms with van der Waals surface area (Å²) >= 11 is 0. The summed E-state index contributed by atoms with van der Waals surface area (Å²) in [6.45, 7) is 7.02. The lowest BCUT2D eigenvalue weighted by molar-refractivity contribution is -0.143. The van der Waals surface area contributed by atoms with Crippen molar-refractivity contribution in [2.24, 2.45) is 5.92 Å². The molecule has 0 radical (unpaired) electrons. The Morgan fingerprint density at radius 1 is 0.933 bits per heavy atom. The number of aliphatic carboxylic acids is 1. The average molecular weight is 619 g/mol. The van der Waals surface area contributed by atoms with Crippen molar-refractivity contribution in [3.63, 3.8) is 0 Å². The zero-order valence-electron chi connectivity index (χ0n) is 26.6. The van der Waals surface area contributed by atoms with E-state index in [2.05, 4.69) is 19.2 Å². The Kier molecular flexibility index (Phi) is 10.0. The van der Waals surface area contributed by atoms with Gasteiger partial charge in [0.25, 0.3) is 0 Å². The van der Waals surface area contributed by atoms with Gasteiger partial charge in [0.05, 0.1) is 33.3 Å². The summed E-state index contributed by atoms with van der Waals surface area (Å²) < 4.78 is 28.4. The highest BCUT2D eigenvalue weighted by Crippen LogP contribution is 2.51. The number of carbonyl (C=O) groups excluding carboxylic acids is 1. The van der Waals surface area contributed by atoms with E-state index in [0.29, 0.717) is 47.5 Å². The van der Waals surface area contributed by atoms with E-state index < -0.39 is 23.8 Å². The number of aryl methyl sites for hydroxylation is 2. The maximum absolute atomic E-state index is 13.7. The fraction of sp³-hybridized carbons (Fsp3) is 0.429. The van der Waals surface area contributed by atoms with Gasteiger partial charge in [0.15, 0.2) is 23.0 Å². The normalized spacial score (nSPS) is 18.9. The van der Waals surface area contributed by atoms with Crippen LogP contribution in [-0.2, 0) is 22.4 Å². The van der Waals surface area contributed by atoms with Crippen LogP contribution in [0.25, 0.3) is 0 Å². The molecule has 45 heavy (non-hydrogen) atoms. The second-order valence-corrected chi connectivity index (χ2v) is 11.3. The molecule has 3 atom stereocenters. The number of rotatable bonds is 13. The highest BCUT2D eigenvalue weighted by molar-refractivity contribution is 5.94. The van der Waals surface area contributed by atoms with Gasteiger partial charge in [0, 0.05) is 24.2 Å². The van der Waals surface area contributed by atoms with Crippen LogP contribution >= 0.6 is 0 Å². The number of carboxylic acids is 1. The van der Waals surface area contributed by atoms with Gasteiger partial charge in [0.2, 0.25) is 18.4 Å². The topological polar surface area (TPSA) is 116 Å². The maximum atomic E-state index is 13.7. The largest absolute Gasteiger partial charge is 0.493 e. The minimum absolute atomic E-state index is 0.00968. The Morgan fingerprint density at radius 3 is 2.29 bits per heavy atom. The third-order valence-corrected chi connectivity index (χ3v) is 8.59. The highest BCUT2D eigenvalue weighted by atomic mass is 16.7. The third kappa shape index (κ3) is 6.51. The fourth-order valence-electron chi connectivity index (χ4n) is 6.46. The summed E-state index contributed by atoms with van der Waals surface area (Å²) in [5.41, 5.74) is 4.39. The van der Waals surface area contributed by atoms with Crippen LogP contribution in [0, 0.1) is 5.92 Å². The van der Waals surface area contributed by atoms with Gasteiger partial charge < -0.3 is 34.1 Å². The number of benzene rings is 3. The van der Waals surface area contributed by atoms with Crippen LogP contribution in [0.2, 0.25) is 0 Å². The smallest absolute Gasteiger partial charge is 0.309 e. The summed E-state index contributed by atoms with van der Waals surface area (Å²) in [5.74, 6) is -0.0119. The predicted octanol–water partition coefficient (Wildman–Crippen LogP) is 5.83. The molecular weight excluding hydrogens is 576 g/mol. The first-order valence-corrected chi connectivity index (χ1v) is 15.5. The first-order chi connectivity index (χ1) is 21.8. The Hall–Kier alpha value is -4.44. The molecular formula is C35H42N2O8. The second-order valence-electron chi connectivity index (χ2n) is 11.3. The lowest BCUT2D eigenvalue weighted by atomic mass is 9.82. The standard InChI is InChI=1S/C35H42N2O8/c1-6-14-43-26-13-12-23(15-27(26)41-4)33-31(35(39)40)25(24-16-28(42-5)34-29(17-24)44-20-45-34)18-37(33)19-30(38)36-32-21(7-2)10-9-11-22(32)8-3/h9-13,15-17,25,31,33H,6-8,14,18-20H2,1-5H3,(H,36,38)(H,39,40)/t25-,31+,33-/m1/s1. The zero-order valence-corrected chi connectivity index (χ0v) is 26.6. The molecule has 2 N–H and O–H groups in total. The van der Waals surface area contributed by atoms with Gasteiger partial charge in [-0.05, 0) is 65.8 Å². The Labute approximate surface area is 264 Å². The average Bonchev–Trinajstić information content (AvgIpc) is 3.68. The van der Waals surface area contributed by atoms with Gasteiger partial charge >= 0.3 is 5.97 Å². The van der Waals surface area contributed by atoms with Crippen molar-refractivity contribution in [2.45, 2.75) is 52.0 Å². The van der Waals surface area contributed by atoms with Crippen LogP contribution in [-0.4, -0.2) is 62.6 Å². The van der Waals surface area contributed by atoms with Gasteiger partial charge in [-0.15, -0.1) is 0 Å². The van der Waals surface area contributed by atoms with E-state index in [0.717, 1.165) is 41.6 Å². The Bertz CT molecular complexity index is 1520. The number of carboxylic acid groups (broad SMARTS) is 1. The summed E-state index contributed by atoms with van der Waals surface area (Å²) in [6, 6.07) is 14.5. The predicted molar refractivity (Wildman–Crippen MR) is 170 cm³/mol. The molecule has 0 aromatic heterocycles. The summed E-state index contributed by atoms with van der Waals surface area (Å²) in [7, 11) is 3.10. The molecule has 5 rings (SSSR count). The maximum Gasteiger partial charge on any atom is 0.309 e. The van der Waals surface area contributed by atoms with E-state index in [9.17, 15) is 14.7 Å². The lowest BCUT2D eigenvalue weighted by Crippen LogP contribution is -2.35. The van der Waals surface area contributed by atoms with Gasteiger partial charge in [-0.3, -0.25) is 14.5 Å². The molecule has 2 heterocycles. The Balaban J connectivity index is 1.55. The van der Waals surface area contributed by atoms with Gasteiger partial charge in [-0.25, -0.2) is 0 Å². The first-order valence-electron chi connectivity index (χ1n) is 15.5. The van der Waals surface area contributed by atoms with Crippen LogP contribution in [0.4, 0.5) is 5.69 Å². The number of hydrogen-bond donors (Lipinski definition) is 2. The van der Waals surface area contributed by atoms with Crippen LogP contribution in [0.3, 0.4) is 0 Å². The van der Waals surface area contributed by atoms with Gasteiger partial charge in [0.1, 0.15) is 0 Å². The van der Waals surface area contributed by atoms with Crippen molar-refractivity contribution < 1.29 is 38.4 Å². The molecule has 3 aromatic carbocycles. The number of nitrogens with zero attached hydrogens (tertiary/aromatic N) is 1. The molecule has 240 valence electrons. The molecule has 0 spiro atoms. The molecule has 1 saturated heterocycles. The number of fused-ring (bicyclic) bond motifs is 1. The van der Waals surface area contributed by atoms with Crippen molar-refractivity contribution in [3.05, 3.63) is 70.8 Å². The van der Waals surface area contributed by atoms with Gasteiger partial charge in [-0.2, -0.15) is 0 Å². The van der Waals surface area contributed by atoms with Crippen LogP contribution in [0.15, 0.2) is 48.5 Å². The van der Waals surface area contributed by atoms with E-state index in [1.165, 1.54) is 7.11 Å². The van der Waals surface area contributed by atoms with Crippen LogP contribution in [0.5, 0.6) is 28.7 Å². The van der Waals surface area contributed by atoms with Crippen molar-refractivity contribution in [3.8, 4) is 28.7 Å². The minimum atomic E-state index is -0.973. The summed E-state index contributed by atoms with van der Waals surface area (Å²) in [5, 5.41) is 13.9. The Morgan fingerprint density at radius 2 is 1.64 bits per heavy atom. The molecule has 2 aliphatic rings. The van der Waals surface area contributed by atoms with E-state index in [4.69, 9.17) is 23.7 Å². The molecule has 0 saturated carbocycles. The number of anilines is 1. The number of hydrogen-bond acceptors (Lipinski definition) is 8. The zero-order chi connectivity index (χ0) is 32.1. The molecule has 3 aromatic rings. The molecule has 0 aliphatic carbocycles. The van der Waals surface area contributed by atoms with Crippen molar-refractivity contribution >= 4 is 17.6 Å². The van der Waals surface area contributed by atoms with Crippen LogP contribution in [0.1, 0.15) is 61.4 Å². The minimum Gasteiger partial charge on any atom is -0.493 e. The summed E-state index contributed by atoms with van der Waals surface area (Å²) in [6.07, 6.45) is 2.38. The number of carbonyl (C=O) groups is 2. The molecule has 10 nitrogen and oxygen atoms in total. The number of ether oxygens (including phenoxy) is 5. The van der Waals surface area contributed by atoms with Gasteiger partial charge in [-0.1, -0.05) is 45.0 Å². The highest BCUT2D eigenvalue weighted by Gasteiger charge is 2.48. The number of para-hydroxylation sites is 1. The molecule has 0 unspecified atom stereocenters. The number of nitrogens with one attached hydrogen (secondary N) is 1. The van der Waals surface area contributed by atoms with Crippen LogP contribution < -0.4 is 29.0 Å². The molecule has 10 heteroatoms. The quantitative estimate of drug-likeness (QED) is 0.244. The molecule has 1 fully saturated rings. The van der Waals surface area contributed by atoms with E-state index >= 15 is 0 Å². The van der Waals surface area contributed by atoms with E-state index in [1.54, 1.807) is 7.11 Å². The monoisotopic (exact) mass is 618 g/mol. The van der Waals surface area contributed by atoms with Crippen molar-refractivity contribution in [2.75, 3.05) is 46.0 Å². The summed E-state index contributed by atoms with van der Waals surface area (Å²) in [4.78, 5) is 28.8. The molecule has 0 bridgehead atoms. The number of amides is 1. The van der Waals surface area contributed by atoms with E-state index in [1.807, 2.05) is 60.4 Å². The lowest BCUT2D eigenvalue weighted by Gasteiger charge is -2.28. The molecule has 2 aliphatic heterocycles. The molecule has 1 amide bonds.